The zero-order valence-corrected chi connectivity index (χ0v) is 9.80. The summed E-state index contributed by atoms with van der Waals surface area (Å²) < 4.78 is 5.54. The fourth-order valence-electron chi connectivity index (χ4n) is 2.33. The molecule has 0 amide bonds. The van der Waals surface area contributed by atoms with Gasteiger partial charge in [-0.15, -0.1) is 0 Å². The van der Waals surface area contributed by atoms with Gasteiger partial charge in [0.15, 0.2) is 0 Å². The van der Waals surface area contributed by atoms with Crippen LogP contribution in [0, 0.1) is 5.92 Å². The van der Waals surface area contributed by atoms with Gasteiger partial charge in [-0.3, -0.25) is 4.98 Å². The highest BCUT2D eigenvalue weighted by Crippen LogP contribution is 2.35. The van der Waals surface area contributed by atoms with Gasteiger partial charge in [0.05, 0.1) is 6.10 Å². The van der Waals surface area contributed by atoms with E-state index in [9.17, 15) is 0 Å². The van der Waals surface area contributed by atoms with Crippen LogP contribution in [0.25, 0.3) is 0 Å². The summed E-state index contributed by atoms with van der Waals surface area (Å²) in [7, 11) is 0. The number of rotatable bonds is 5. The van der Waals surface area contributed by atoms with E-state index >= 15 is 0 Å². The van der Waals surface area contributed by atoms with Crippen LogP contribution in [-0.2, 0) is 4.74 Å². The molecule has 1 atom stereocenters. The maximum atomic E-state index is 6.14. The molecular weight excluding hydrogens is 200 g/mol. The summed E-state index contributed by atoms with van der Waals surface area (Å²) >= 11 is 0. The smallest absolute Gasteiger partial charge is 0.0580 e. The maximum Gasteiger partial charge on any atom is 0.0580 e. The van der Waals surface area contributed by atoms with E-state index in [1.54, 1.807) is 6.20 Å². The van der Waals surface area contributed by atoms with E-state index in [0.717, 1.165) is 24.5 Å². The second-order valence-electron chi connectivity index (χ2n) is 4.54. The van der Waals surface area contributed by atoms with Crippen molar-refractivity contribution in [3.8, 4) is 0 Å². The van der Waals surface area contributed by atoms with Gasteiger partial charge in [0.1, 0.15) is 0 Å². The largest absolute Gasteiger partial charge is 0.378 e. The standard InChI is InChI=1S/C13H20N2O/c1-2-16-12-6-10(7-12)8-13(14)11-4-3-5-15-9-11/h3-5,9-10,12-13H,2,6-8,14H2,1H3. The molecule has 0 spiro atoms. The van der Waals surface area contributed by atoms with Gasteiger partial charge in [0, 0.05) is 25.0 Å². The quantitative estimate of drug-likeness (QED) is 0.828. The van der Waals surface area contributed by atoms with Crippen LogP contribution in [0.4, 0.5) is 0 Å². The van der Waals surface area contributed by atoms with E-state index < -0.39 is 0 Å². The SMILES string of the molecule is CCOC1CC(CC(N)c2cccnc2)C1. The van der Waals surface area contributed by atoms with Crippen molar-refractivity contribution in [1.29, 1.82) is 0 Å². The third kappa shape index (κ3) is 2.80. The van der Waals surface area contributed by atoms with Gasteiger partial charge in [0.2, 0.25) is 0 Å². The Morgan fingerprint density at radius 3 is 3.00 bits per heavy atom. The van der Waals surface area contributed by atoms with E-state index in [2.05, 4.69) is 18.0 Å². The molecule has 3 nitrogen and oxygen atoms in total. The molecule has 3 heteroatoms. The Morgan fingerprint density at radius 2 is 2.38 bits per heavy atom. The lowest BCUT2D eigenvalue weighted by molar-refractivity contribution is -0.0282. The van der Waals surface area contributed by atoms with Gasteiger partial charge in [-0.05, 0) is 43.7 Å². The van der Waals surface area contributed by atoms with Crippen molar-refractivity contribution in [2.45, 2.75) is 38.3 Å². The second-order valence-corrected chi connectivity index (χ2v) is 4.54. The zero-order chi connectivity index (χ0) is 11.4. The van der Waals surface area contributed by atoms with Crippen molar-refractivity contribution in [3.05, 3.63) is 30.1 Å². The number of hydrogen-bond acceptors (Lipinski definition) is 3. The van der Waals surface area contributed by atoms with E-state index in [1.165, 1.54) is 12.8 Å². The summed E-state index contributed by atoms with van der Waals surface area (Å²) in [6.07, 6.45) is 7.52. The molecule has 1 unspecified atom stereocenters. The van der Waals surface area contributed by atoms with Crippen LogP contribution in [0.2, 0.25) is 0 Å². The predicted molar refractivity (Wildman–Crippen MR) is 63.9 cm³/mol. The summed E-state index contributed by atoms with van der Waals surface area (Å²) in [5, 5.41) is 0. The molecule has 0 bridgehead atoms. The molecule has 2 rings (SSSR count). The molecule has 0 radical (unpaired) electrons. The van der Waals surface area contributed by atoms with Gasteiger partial charge in [-0.1, -0.05) is 6.07 Å². The summed E-state index contributed by atoms with van der Waals surface area (Å²) in [5.41, 5.74) is 7.29. The van der Waals surface area contributed by atoms with Crippen molar-refractivity contribution in [2.75, 3.05) is 6.61 Å². The summed E-state index contributed by atoms with van der Waals surface area (Å²) in [6, 6.07) is 4.12. The number of pyridine rings is 1. The average molecular weight is 220 g/mol. The van der Waals surface area contributed by atoms with E-state index in [0.29, 0.717) is 6.10 Å². The highest BCUT2D eigenvalue weighted by Gasteiger charge is 2.30. The minimum Gasteiger partial charge on any atom is -0.378 e. The Morgan fingerprint density at radius 1 is 1.56 bits per heavy atom. The fraction of sp³-hybridized carbons (Fsp3) is 0.615. The normalized spacial score (nSPS) is 26.1. The summed E-state index contributed by atoms with van der Waals surface area (Å²) in [4.78, 5) is 4.10. The van der Waals surface area contributed by atoms with E-state index in [-0.39, 0.29) is 6.04 Å². The molecule has 0 aromatic carbocycles. The molecule has 1 saturated carbocycles. The first kappa shape index (κ1) is 11.6. The Bertz CT molecular complexity index is 309. The molecule has 1 heterocycles. The predicted octanol–water partition coefficient (Wildman–Crippen LogP) is 2.29. The molecule has 1 aromatic heterocycles. The topological polar surface area (TPSA) is 48.1 Å². The van der Waals surface area contributed by atoms with Crippen LogP contribution in [0.3, 0.4) is 0 Å². The molecule has 1 fully saturated rings. The second kappa shape index (κ2) is 5.41. The van der Waals surface area contributed by atoms with Gasteiger partial charge in [0.25, 0.3) is 0 Å². The molecule has 0 saturated heterocycles. The lowest BCUT2D eigenvalue weighted by Crippen LogP contribution is -2.33. The molecule has 16 heavy (non-hydrogen) atoms. The number of hydrogen-bond donors (Lipinski definition) is 1. The molecule has 2 N–H and O–H groups in total. The van der Waals surface area contributed by atoms with Crippen molar-refractivity contribution in [3.63, 3.8) is 0 Å². The van der Waals surface area contributed by atoms with Crippen molar-refractivity contribution in [1.82, 2.24) is 4.98 Å². The minimum absolute atomic E-state index is 0.126. The van der Waals surface area contributed by atoms with Crippen molar-refractivity contribution in [2.24, 2.45) is 11.7 Å². The third-order valence-corrected chi connectivity index (χ3v) is 3.29. The van der Waals surface area contributed by atoms with E-state index in [1.807, 2.05) is 12.3 Å². The van der Waals surface area contributed by atoms with Crippen LogP contribution in [0.15, 0.2) is 24.5 Å². The zero-order valence-electron chi connectivity index (χ0n) is 9.80. The van der Waals surface area contributed by atoms with Gasteiger partial charge >= 0.3 is 0 Å². The fourth-order valence-corrected chi connectivity index (χ4v) is 2.33. The number of nitrogens with zero attached hydrogens (tertiary/aromatic N) is 1. The Kier molecular flexibility index (Phi) is 3.91. The van der Waals surface area contributed by atoms with Crippen molar-refractivity contribution >= 4 is 0 Å². The molecular formula is C13H20N2O. The van der Waals surface area contributed by atoms with Gasteiger partial charge in [-0.2, -0.15) is 0 Å². The van der Waals surface area contributed by atoms with Crippen LogP contribution in [-0.4, -0.2) is 17.7 Å². The lowest BCUT2D eigenvalue weighted by atomic mass is 9.77. The Labute approximate surface area is 97.0 Å². The van der Waals surface area contributed by atoms with Gasteiger partial charge in [-0.25, -0.2) is 0 Å². The number of ether oxygens (including phenoxy) is 1. The molecule has 88 valence electrons. The molecule has 1 aliphatic rings. The number of nitrogens with two attached hydrogens (primary N) is 1. The summed E-state index contributed by atoms with van der Waals surface area (Å²) in [6.45, 7) is 2.88. The monoisotopic (exact) mass is 220 g/mol. The molecule has 0 aliphatic heterocycles. The maximum absolute atomic E-state index is 6.14. The van der Waals surface area contributed by atoms with Gasteiger partial charge < -0.3 is 10.5 Å². The molecule has 1 aromatic rings. The van der Waals surface area contributed by atoms with Crippen LogP contribution >= 0.6 is 0 Å². The average Bonchev–Trinajstić information content (AvgIpc) is 2.27. The first-order valence-corrected chi connectivity index (χ1v) is 6.06. The van der Waals surface area contributed by atoms with E-state index in [4.69, 9.17) is 10.5 Å². The van der Waals surface area contributed by atoms with Crippen LogP contribution in [0.5, 0.6) is 0 Å². The molecule has 1 aliphatic carbocycles. The van der Waals surface area contributed by atoms with Crippen LogP contribution < -0.4 is 5.73 Å². The lowest BCUT2D eigenvalue weighted by Gasteiger charge is -2.36. The van der Waals surface area contributed by atoms with Crippen molar-refractivity contribution < 1.29 is 4.74 Å². The first-order valence-electron chi connectivity index (χ1n) is 6.06. The van der Waals surface area contributed by atoms with Crippen LogP contribution in [0.1, 0.15) is 37.8 Å². The minimum atomic E-state index is 0.126. The Balaban J connectivity index is 1.75. The third-order valence-electron chi connectivity index (χ3n) is 3.29. The first-order chi connectivity index (χ1) is 7.79. The highest BCUT2D eigenvalue weighted by atomic mass is 16.5. The number of aromatic nitrogens is 1. The Hall–Kier alpha value is -0.930. The summed E-state index contributed by atoms with van der Waals surface area (Å²) in [5.74, 6) is 0.728. The highest BCUT2D eigenvalue weighted by molar-refractivity contribution is 5.13.